The van der Waals surface area contributed by atoms with Gasteiger partial charge in [-0.15, -0.1) is 0 Å². The molecule has 9 aromatic rings. The second-order valence-corrected chi connectivity index (χ2v) is 18.4. The molecule has 52 heavy (non-hydrogen) atoms. The van der Waals surface area contributed by atoms with E-state index in [2.05, 4.69) is 206 Å². The Balaban J connectivity index is 1.36. The molecule has 0 spiro atoms. The summed E-state index contributed by atoms with van der Waals surface area (Å²) in [6.45, 7) is 0. The first-order valence-corrected chi connectivity index (χ1v) is 20.7. The van der Waals surface area contributed by atoms with Crippen LogP contribution in [0.2, 0.25) is 0 Å². The van der Waals surface area contributed by atoms with Gasteiger partial charge < -0.3 is 4.42 Å². The summed E-state index contributed by atoms with van der Waals surface area (Å²) >= 11 is 1.87. The van der Waals surface area contributed by atoms with E-state index in [0.29, 0.717) is 0 Å². The molecule has 0 atom stereocenters. The molecule has 2 heterocycles. The van der Waals surface area contributed by atoms with Gasteiger partial charge in [-0.05, 0) is 61.2 Å². The van der Waals surface area contributed by atoms with E-state index in [1.54, 1.807) is 0 Å². The Kier molecular flexibility index (Phi) is 7.38. The molecule has 1 aliphatic rings. The quantitative estimate of drug-likeness (QED) is 0.127. The highest BCUT2D eigenvalue weighted by Gasteiger charge is 2.47. The van der Waals surface area contributed by atoms with Gasteiger partial charge in [-0.2, -0.15) is 0 Å². The monoisotopic (exact) mass is 698 g/mol. The van der Waals surface area contributed by atoms with E-state index in [-0.39, 0.29) is 0 Å². The van der Waals surface area contributed by atoms with Crippen molar-refractivity contribution in [2.75, 3.05) is 0 Å². The van der Waals surface area contributed by atoms with E-state index < -0.39 is 13.5 Å². The molecule has 0 unspecified atom stereocenters. The van der Waals surface area contributed by atoms with Crippen molar-refractivity contribution in [2.24, 2.45) is 0 Å². The van der Waals surface area contributed by atoms with Crippen molar-refractivity contribution in [3.05, 3.63) is 229 Å². The number of hydrogen-bond donors (Lipinski definition) is 0. The normalized spacial score (nSPS) is 13.5. The largest absolute Gasteiger partial charge is 0.456 e. The van der Waals surface area contributed by atoms with Crippen molar-refractivity contribution < 1.29 is 4.42 Å². The molecule has 0 saturated heterocycles. The van der Waals surface area contributed by atoms with E-state index in [4.69, 9.17) is 4.42 Å². The number of para-hydroxylation sites is 2. The first-order valence-electron chi connectivity index (χ1n) is 17.8. The van der Waals surface area contributed by atoms with Gasteiger partial charge in [0.15, 0.2) is 8.07 Å². The van der Waals surface area contributed by atoms with Crippen molar-refractivity contribution in [3.8, 4) is 0 Å². The maximum atomic E-state index is 6.91. The Hall–Kier alpha value is -5.87. The summed E-state index contributed by atoms with van der Waals surface area (Å²) in [7, 11) is -3.04. The summed E-state index contributed by atoms with van der Waals surface area (Å²) < 4.78 is 6.91. The van der Waals surface area contributed by atoms with Gasteiger partial charge in [-0.1, -0.05) is 200 Å². The average Bonchev–Trinajstić information content (AvgIpc) is 3.61. The molecule has 10 rings (SSSR count). The van der Waals surface area contributed by atoms with Gasteiger partial charge in [0.2, 0.25) is 0 Å². The maximum Gasteiger partial charge on any atom is 0.184 e. The smallest absolute Gasteiger partial charge is 0.184 e. The summed E-state index contributed by atoms with van der Waals surface area (Å²) in [6, 6.07) is 76.3. The second-order valence-electron chi connectivity index (χ2n) is 13.6. The zero-order chi connectivity index (χ0) is 34.5. The zero-order valence-electron chi connectivity index (χ0n) is 28.4. The molecule has 8 aromatic carbocycles. The highest BCUT2D eigenvalue weighted by atomic mass is 32.2. The van der Waals surface area contributed by atoms with Crippen LogP contribution in [0.5, 0.6) is 0 Å². The Labute approximate surface area is 309 Å². The fourth-order valence-electron chi connectivity index (χ4n) is 8.84. The van der Waals surface area contributed by atoms with Crippen LogP contribution in [0.3, 0.4) is 0 Å². The highest BCUT2D eigenvalue weighted by molar-refractivity contribution is 7.99. The fraction of sp³-hybridized carbons (Fsp3) is 0.0204. The summed E-state index contributed by atoms with van der Waals surface area (Å²) in [5.74, 6) is 0. The van der Waals surface area contributed by atoms with Gasteiger partial charge in [-0.3, -0.25) is 0 Å². The van der Waals surface area contributed by atoms with E-state index in [0.717, 1.165) is 21.9 Å². The summed E-state index contributed by atoms with van der Waals surface area (Å²) in [5, 5.41) is 7.51. The lowest BCUT2D eigenvalue weighted by molar-refractivity contribution is 0.671. The molecule has 1 aromatic heterocycles. The van der Waals surface area contributed by atoms with Crippen molar-refractivity contribution in [1.82, 2.24) is 0 Å². The lowest BCUT2D eigenvalue weighted by Gasteiger charge is -2.42. The van der Waals surface area contributed by atoms with E-state index in [9.17, 15) is 0 Å². The molecule has 0 fully saturated rings. The molecular formula is C49H34OSSi. The van der Waals surface area contributed by atoms with Gasteiger partial charge in [0, 0.05) is 20.6 Å². The Morgan fingerprint density at radius 2 is 0.904 bits per heavy atom. The first-order chi connectivity index (χ1) is 25.8. The van der Waals surface area contributed by atoms with E-state index in [1.807, 2.05) is 11.8 Å². The van der Waals surface area contributed by atoms with Crippen LogP contribution in [0.4, 0.5) is 0 Å². The molecule has 0 amide bonds. The summed E-state index contributed by atoms with van der Waals surface area (Å²) in [4.78, 5) is 2.58. The van der Waals surface area contributed by atoms with Crippen LogP contribution < -0.4 is 20.7 Å². The molecule has 1 nitrogen and oxygen atoms in total. The molecule has 0 bridgehead atoms. The molecule has 0 N–H and O–H groups in total. The number of furan rings is 1. The minimum atomic E-state index is -3.04. The Bertz CT molecular complexity index is 2630. The van der Waals surface area contributed by atoms with Crippen LogP contribution in [0.1, 0.15) is 22.3 Å². The number of hydrogen-bond acceptors (Lipinski definition) is 2. The second kappa shape index (κ2) is 12.4. The third-order valence-corrected chi connectivity index (χ3v) is 16.9. The predicted molar refractivity (Wildman–Crippen MR) is 220 cm³/mol. The van der Waals surface area contributed by atoms with Crippen LogP contribution in [0.15, 0.2) is 220 Å². The predicted octanol–water partition coefficient (Wildman–Crippen LogP) is 9.81. The third-order valence-electron chi connectivity index (χ3n) is 11.0. The molecule has 1 aliphatic heterocycles. The fourth-order valence-corrected chi connectivity index (χ4v) is 14.9. The van der Waals surface area contributed by atoms with Crippen LogP contribution in [0, 0.1) is 0 Å². The molecular weight excluding hydrogens is 665 g/mol. The van der Waals surface area contributed by atoms with Gasteiger partial charge in [0.1, 0.15) is 11.2 Å². The van der Waals surface area contributed by atoms with Crippen molar-refractivity contribution in [2.45, 2.75) is 15.2 Å². The number of rotatable bonds is 6. The molecule has 3 heteroatoms. The summed E-state index contributed by atoms with van der Waals surface area (Å²) in [5.41, 5.74) is 6.50. The molecule has 0 saturated carbocycles. The zero-order valence-corrected chi connectivity index (χ0v) is 30.3. The van der Waals surface area contributed by atoms with Gasteiger partial charge in [0.05, 0.1) is 5.41 Å². The molecule has 0 radical (unpaired) electrons. The Morgan fingerprint density at radius 3 is 1.58 bits per heavy atom. The first kappa shape index (κ1) is 30.9. The van der Waals surface area contributed by atoms with Gasteiger partial charge in [0.25, 0.3) is 0 Å². The van der Waals surface area contributed by atoms with E-state index >= 15 is 0 Å². The van der Waals surface area contributed by atoms with Crippen molar-refractivity contribution in [1.29, 1.82) is 0 Å². The van der Waals surface area contributed by atoms with Crippen molar-refractivity contribution >= 4 is 62.5 Å². The van der Waals surface area contributed by atoms with E-state index in [1.165, 1.54) is 52.8 Å². The van der Waals surface area contributed by atoms with Crippen molar-refractivity contribution in [3.63, 3.8) is 0 Å². The number of fused-ring (bicyclic) bond motifs is 5. The van der Waals surface area contributed by atoms with Gasteiger partial charge in [-0.25, -0.2) is 0 Å². The minimum Gasteiger partial charge on any atom is -0.456 e. The van der Waals surface area contributed by atoms with Crippen LogP contribution >= 0.6 is 11.8 Å². The lowest BCUT2D eigenvalue weighted by atomic mass is 9.65. The standard InChI is InChI=1S/C49H34OSSi/c1-4-18-35(19-5-1)49(42-28-11-14-31-45(42)51-46-32-15-12-29-43(46)49)36-20-16-25-39(34-36)52(37-21-6-2-7-22-37,38-23-8-3-9-24-38)47-33-17-27-41-40-26-10-13-30-44(40)50-48(41)47/h1-34H. The third kappa shape index (κ3) is 4.49. The SMILES string of the molecule is c1ccc(C2(c3cccc([Si](c4ccccc4)(c4ccccc4)c4cccc5c4oc4ccccc45)c3)c3ccccc3Sc3ccccc32)cc1. The van der Waals surface area contributed by atoms with Crippen LogP contribution in [-0.4, -0.2) is 8.07 Å². The number of benzene rings is 8. The van der Waals surface area contributed by atoms with Crippen LogP contribution in [0.25, 0.3) is 21.9 Å². The highest BCUT2D eigenvalue weighted by Crippen LogP contribution is 2.55. The maximum absolute atomic E-state index is 6.91. The summed E-state index contributed by atoms with van der Waals surface area (Å²) in [6.07, 6.45) is 0. The molecule has 0 aliphatic carbocycles. The lowest BCUT2D eigenvalue weighted by Crippen LogP contribution is -2.75. The average molecular weight is 699 g/mol. The topological polar surface area (TPSA) is 13.1 Å². The Morgan fingerprint density at radius 1 is 0.404 bits per heavy atom. The van der Waals surface area contributed by atoms with Gasteiger partial charge >= 0.3 is 0 Å². The minimum absolute atomic E-state index is 0.533. The molecule has 246 valence electrons. The van der Waals surface area contributed by atoms with Crippen LogP contribution in [-0.2, 0) is 5.41 Å².